The summed E-state index contributed by atoms with van der Waals surface area (Å²) in [5, 5.41) is 0. The topological polar surface area (TPSA) is 26.3 Å². The number of rotatable bonds is 14. The van der Waals surface area contributed by atoms with E-state index in [9.17, 15) is 4.79 Å². The Morgan fingerprint density at radius 1 is 0.909 bits per heavy atom. The molecular weight excluding hydrogens is 272 g/mol. The molecule has 0 heterocycles. The molecule has 0 aromatic rings. The first-order valence-corrected chi connectivity index (χ1v) is 9.30. The molecule has 0 fully saturated rings. The number of hydrogen-bond acceptors (Lipinski definition) is 2. The highest BCUT2D eigenvalue weighted by Gasteiger charge is 2.09. The van der Waals surface area contributed by atoms with Gasteiger partial charge >= 0.3 is 5.97 Å². The predicted molar refractivity (Wildman–Crippen MR) is 95.9 cm³/mol. The maximum atomic E-state index is 11.3. The van der Waals surface area contributed by atoms with E-state index in [1.165, 1.54) is 57.8 Å². The van der Waals surface area contributed by atoms with Crippen molar-refractivity contribution in [3.8, 4) is 0 Å². The number of carbonyl (C=O) groups is 1. The third-order valence-electron chi connectivity index (χ3n) is 4.40. The second-order valence-electron chi connectivity index (χ2n) is 7.05. The van der Waals surface area contributed by atoms with Gasteiger partial charge in [0.25, 0.3) is 0 Å². The van der Waals surface area contributed by atoms with Gasteiger partial charge in [-0.05, 0) is 25.2 Å². The van der Waals surface area contributed by atoms with Crippen LogP contribution in [0.5, 0.6) is 0 Å². The predicted octanol–water partition coefficient (Wildman–Crippen LogP) is 6.30. The summed E-state index contributed by atoms with van der Waals surface area (Å²) < 4.78 is 5.15. The van der Waals surface area contributed by atoms with Gasteiger partial charge in [0.05, 0.1) is 6.61 Å². The molecule has 2 heteroatoms. The number of esters is 1. The Morgan fingerprint density at radius 3 is 2.05 bits per heavy atom. The lowest BCUT2D eigenvalue weighted by molar-refractivity contribution is -0.139. The van der Waals surface area contributed by atoms with Gasteiger partial charge in [-0.25, -0.2) is 4.79 Å². The van der Waals surface area contributed by atoms with Gasteiger partial charge < -0.3 is 4.74 Å². The van der Waals surface area contributed by atoms with E-state index in [0.717, 1.165) is 12.3 Å². The molecule has 22 heavy (non-hydrogen) atoms. The number of hydrogen-bond donors (Lipinski definition) is 0. The van der Waals surface area contributed by atoms with E-state index in [-0.39, 0.29) is 5.97 Å². The second-order valence-corrected chi connectivity index (χ2v) is 7.05. The first kappa shape index (κ1) is 21.2. The molecule has 0 aliphatic heterocycles. The van der Waals surface area contributed by atoms with Crippen LogP contribution in [0, 0.1) is 11.8 Å². The molecule has 0 bridgehead atoms. The van der Waals surface area contributed by atoms with Crippen LogP contribution in [0.2, 0.25) is 0 Å². The fourth-order valence-electron chi connectivity index (χ4n) is 2.61. The fraction of sp³-hybridized carbons (Fsp3) is 0.850. The molecular formula is C20H38O2. The standard InChI is InChI=1S/C20H38O2/c1-6-7-8-9-10-11-12-18(4)13-14-19(5)15-16-22-20(21)17(2)3/h18-19H,2,6-16H2,1,3-5H3. The normalized spacial score (nSPS) is 13.6. The summed E-state index contributed by atoms with van der Waals surface area (Å²) in [6, 6.07) is 0. The smallest absolute Gasteiger partial charge is 0.333 e. The van der Waals surface area contributed by atoms with Crippen molar-refractivity contribution < 1.29 is 9.53 Å². The minimum absolute atomic E-state index is 0.261. The van der Waals surface area contributed by atoms with Crippen LogP contribution in [0.4, 0.5) is 0 Å². The fourth-order valence-corrected chi connectivity index (χ4v) is 2.61. The van der Waals surface area contributed by atoms with Crippen molar-refractivity contribution in [1.29, 1.82) is 0 Å². The minimum Gasteiger partial charge on any atom is -0.462 e. The van der Waals surface area contributed by atoms with Crippen molar-refractivity contribution in [2.24, 2.45) is 11.8 Å². The zero-order valence-corrected chi connectivity index (χ0v) is 15.5. The van der Waals surface area contributed by atoms with Crippen molar-refractivity contribution in [2.75, 3.05) is 6.61 Å². The molecule has 2 unspecified atom stereocenters. The maximum Gasteiger partial charge on any atom is 0.333 e. The zero-order valence-electron chi connectivity index (χ0n) is 15.5. The summed E-state index contributed by atoms with van der Waals surface area (Å²) in [5.74, 6) is 1.19. The molecule has 0 aliphatic rings. The largest absolute Gasteiger partial charge is 0.462 e. The Balaban J connectivity index is 3.50. The van der Waals surface area contributed by atoms with E-state index in [1.807, 2.05) is 0 Å². The molecule has 2 nitrogen and oxygen atoms in total. The van der Waals surface area contributed by atoms with Crippen LogP contribution in [0.15, 0.2) is 12.2 Å². The lowest BCUT2D eigenvalue weighted by Crippen LogP contribution is -2.09. The van der Waals surface area contributed by atoms with Crippen LogP contribution in [0.25, 0.3) is 0 Å². The highest BCUT2D eigenvalue weighted by Crippen LogP contribution is 2.20. The number of ether oxygens (including phenoxy) is 1. The van der Waals surface area contributed by atoms with Gasteiger partial charge in [0.2, 0.25) is 0 Å². The first-order chi connectivity index (χ1) is 10.5. The Kier molecular flexibility index (Phi) is 13.3. The van der Waals surface area contributed by atoms with Crippen LogP contribution in [0.3, 0.4) is 0 Å². The second kappa shape index (κ2) is 13.8. The molecule has 0 N–H and O–H groups in total. The van der Waals surface area contributed by atoms with Gasteiger partial charge in [-0.2, -0.15) is 0 Å². The van der Waals surface area contributed by atoms with E-state index in [4.69, 9.17) is 4.74 Å². The lowest BCUT2D eigenvalue weighted by atomic mass is 9.92. The molecule has 0 aromatic heterocycles. The van der Waals surface area contributed by atoms with E-state index in [2.05, 4.69) is 27.4 Å². The third-order valence-corrected chi connectivity index (χ3v) is 4.40. The molecule has 0 amide bonds. The highest BCUT2D eigenvalue weighted by atomic mass is 16.5. The average molecular weight is 311 g/mol. The molecule has 2 atom stereocenters. The molecule has 0 saturated heterocycles. The van der Waals surface area contributed by atoms with Crippen molar-refractivity contribution in [2.45, 2.75) is 91.9 Å². The van der Waals surface area contributed by atoms with Crippen molar-refractivity contribution in [3.05, 3.63) is 12.2 Å². The molecule has 0 saturated carbocycles. The van der Waals surface area contributed by atoms with Gasteiger partial charge in [-0.15, -0.1) is 0 Å². The first-order valence-electron chi connectivity index (χ1n) is 9.30. The number of carbonyl (C=O) groups excluding carboxylic acids is 1. The Hall–Kier alpha value is -0.790. The van der Waals surface area contributed by atoms with Crippen molar-refractivity contribution in [3.63, 3.8) is 0 Å². The van der Waals surface area contributed by atoms with Crippen LogP contribution in [0.1, 0.15) is 91.9 Å². The van der Waals surface area contributed by atoms with Gasteiger partial charge in [-0.1, -0.05) is 85.1 Å². The van der Waals surface area contributed by atoms with Crippen molar-refractivity contribution >= 4 is 5.97 Å². The van der Waals surface area contributed by atoms with Gasteiger partial charge in [-0.3, -0.25) is 0 Å². The van der Waals surface area contributed by atoms with E-state index in [0.29, 0.717) is 18.1 Å². The van der Waals surface area contributed by atoms with E-state index >= 15 is 0 Å². The Labute approximate surface area is 138 Å². The summed E-state index contributed by atoms with van der Waals surface area (Å²) in [6.07, 6.45) is 13.2. The Morgan fingerprint density at radius 2 is 1.45 bits per heavy atom. The monoisotopic (exact) mass is 310 g/mol. The maximum absolute atomic E-state index is 11.3. The van der Waals surface area contributed by atoms with E-state index < -0.39 is 0 Å². The SMILES string of the molecule is C=C(C)C(=O)OCCC(C)CCC(C)CCCCCCCC. The van der Waals surface area contributed by atoms with Crippen LogP contribution in [-0.2, 0) is 9.53 Å². The summed E-state index contributed by atoms with van der Waals surface area (Å²) >= 11 is 0. The van der Waals surface area contributed by atoms with E-state index in [1.54, 1.807) is 6.92 Å². The molecule has 0 aliphatic carbocycles. The minimum atomic E-state index is -0.261. The third kappa shape index (κ3) is 12.9. The number of unbranched alkanes of at least 4 members (excludes halogenated alkanes) is 5. The molecule has 0 spiro atoms. The molecule has 0 radical (unpaired) electrons. The molecule has 0 rings (SSSR count). The zero-order chi connectivity index (χ0) is 16.8. The summed E-state index contributed by atoms with van der Waals surface area (Å²) in [5.41, 5.74) is 0.486. The van der Waals surface area contributed by atoms with Crippen LogP contribution < -0.4 is 0 Å². The molecule has 0 aromatic carbocycles. The van der Waals surface area contributed by atoms with Gasteiger partial charge in [0, 0.05) is 5.57 Å². The average Bonchev–Trinajstić information content (AvgIpc) is 2.48. The molecule has 130 valence electrons. The summed E-state index contributed by atoms with van der Waals surface area (Å²) in [6.45, 7) is 12.7. The quantitative estimate of drug-likeness (QED) is 0.214. The van der Waals surface area contributed by atoms with Crippen molar-refractivity contribution in [1.82, 2.24) is 0 Å². The highest BCUT2D eigenvalue weighted by molar-refractivity contribution is 5.86. The Bertz CT molecular complexity index is 296. The summed E-state index contributed by atoms with van der Waals surface area (Å²) in [7, 11) is 0. The lowest BCUT2D eigenvalue weighted by Gasteiger charge is -2.15. The summed E-state index contributed by atoms with van der Waals surface area (Å²) in [4.78, 5) is 11.3. The van der Waals surface area contributed by atoms with Gasteiger partial charge in [0.15, 0.2) is 0 Å². The van der Waals surface area contributed by atoms with Crippen LogP contribution in [-0.4, -0.2) is 12.6 Å². The van der Waals surface area contributed by atoms with Gasteiger partial charge in [0.1, 0.15) is 0 Å². The van der Waals surface area contributed by atoms with Crippen LogP contribution >= 0.6 is 0 Å².